The van der Waals surface area contributed by atoms with Crippen molar-refractivity contribution in [3.8, 4) is 0 Å². The summed E-state index contributed by atoms with van der Waals surface area (Å²) in [6, 6.07) is 0.124. The summed E-state index contributed by atoms with van der Waals surface area (Å²) >= 11 is 0. The summed E-state index contributed by atoms with van der Waals surface area (Å²) in [5, 5.41) is 6.21. The summed E-state index contributed by atoms with van der Waals surface area (Å²) in [5.41, 5.74) is 0. The summed E-state index contributed by atoms with van der Waals surface area (Å²) in [4.78, 5) is 24.4. The topological polar surface area (TPSA) is 58.2 Å². The molecule has 38 heavy (non-hydrogen) atoms. The molecular formula is C34H67N2O2. The highest BCUT2D eigenvalue weighted by Gasteiger charge is 2.10. The smallest absolute Gasteiger partial charge is 0.220 e. The number of unbranched alkanes of at least 4 members (excludes halogenated alkanes) is 20. The van der Waals surface area contributed by atoms with Gasteiger partial charge in [0.15, 0.2) is 0 Å². The van der Waals surface area contributed by atoms with Crippen molar-refractivity contribution in [2.24, 2.45) is 0 Å². The van der Waals surface area contributed by atoms with Crippen LogP contribution in [0.15, 0.2) is 0 Å². The normalized spacial score (nSPS) is 12.0. The van der Waals surface area contributed by atoms with E-state index in [0.29, 0.717) is 25.8 Å². The molecule has 0 aromatic carbocycles. The fourth-order valence-electron chi connectivity index (χ4n) is 5.15. The van der Waals surface area contributed by atoms with Crippen LogP contribution in [0.2, 0.25) is 0 Å². The lowest BCUT2D eigenvalue weighted by Gasteiger charge is -2.17. The van der Waals surface area contributed by atoms with E-state index in [2.05, 4.69) is 31.4 Å². The average molecular weight is 536 g/mol. The number of hydrogen-bond donors (Lipinski definition) is 2. The van der Waals surface area contributed by atoms with Crippen LogP contribution in [0.5, 0.6) is 0 Å². The van der Waals surface area contributed by atoms with Crippen LogP contribution >= 0.6 is 0 Å². The fourth-order valence-corrected chi connectivity index (χ4v) is 5.15. The molecule has 0 rings (SSSR count). The van der Waals surface area contributed by atoms with Gasteiger partial charge >= 0.3 is 0 Å². The lowest BCUT2D eigenvalue weighted by molar-refractivity contribution is -0.122. The lowest BCUT2D eigenvalue weighted by Crippen LogP contribution is -2.35. The highest BCUT2D eigenvalue weighted by atomic mass is 16.2. The summed E-state index contributed by atoms with van der Waals surface area (Å²) in [7, 11) is 0. The lowest BCUT2D eigenvalue weighted by atomic mass is 10.0. The molecule has 1 radical (unpaired) electrons. The van der Waals surface area contributed by atoms with Gasteiger partial charge in [-0.15, -0.1) is 0 Å². The Bertz CT molecular complexity index is 509. The third-order valence-electron chi connectivity index (χ3n) is 7.78. The van der Waals surface area contributed by atoms with E-state index in [1.807, 2.05) is 0 Å². The van der Waals surface area contributed by atoms with Crippen LogP contribution in [0.1, 0.15) is 187 Å². The van der Waals surface area contributed by atoms with Gasteiger partial charge < -0.3 is 10.6 Å². The quantitative estimate of drug-likeness (QED) is 0.0899. The second-order valence-electron chi connectivity index (χ2n) is 11.6. The zero-order valence-electron chi connectivity index (χ0n) is 25.9. The summed E-state index contributed by atoms with van der Waals surface area (Å²) in [6.45, 7) is 9.23. The molecule has 0 aromatic rings. The van der Waals surface area contributed by atoms with Crippen molar-refractivity contribution in [3.63, 3.8) is 0 Å². The Morgan fingerprint density at radius 3 is 1.29 bits per heavy atom. The third-order valence-corrected chi connectivity index (χ3v) is 7.78. The number of amides is 2. The van der Waals surface area contributed by atoms with Crippen molar-refractivity contribution in [2.75, 3.05) is 6.54 Å². The Morgan fingerprint density at radius 1 is 0.526 bits per heavy atom. The van der Waals surface area contributed by atoms with Crippen LogP contribution in [-0.4, -0.2) is 24.4 Å². The van der Waals surface area contributed by atoms with Crippen LogP contribution in [0, 0.1) is 6.92 Å². The van der Waals surface area contributed by atoms with Crippen molar-refractivity contribution in [1.29, 1.82) is 0 Å². The van der Waals surface area contributed by atoms with Crippen LogP contribution in [0.4, 0.5) is 0 Å². The van der Waals surface area contributed by atoms with Gasteiger partial charge in [0.25, 0.3) is 0 Å². The first kappa shape index (κ1) is 36.9. The largest absolute Gasteiger partial charge is 0.356 e. The minimum absolute atomic E-state index is 0.124. The first-order chi connectivity index (χ1) is 18.6. The fraction of sp³-hybridized carbons (Fsp3) is 0.912. The van der Waals surface area contributed by atoms with Gasteiger partial charge in [0, 0.05) is 25.4 Å². The number of rotatable bonds is 30. The van der Waals surface area contributed by atoms with Gasteiger partial charge in [-0.1, -0.05) is 149 Å². The van der Waals surface area contributed by atoms with Crippen molar-refractivity contribution in [2.45, 2.75) is 193 Å². The molecule has 2 amide bonds. The number of carbonyl (C=O) groups is 2. The van der Waals surface area contributed by atoms with E-state index in [1.54, 1.807) is 0 Å². The Labute approximate surface area is 238 Å². The number of hydrogen-bond acceptors (Lipinski definition) is 2. The minimum atomic E-state index is 0.124. The number of nitrogens with one attached hydrogen (secondary N) is 2. The molecule has 4 heteroatoms. The van der Waals surface area contributed by atoms with E-state index in [0.717, 1.165) is 38.5 Å². The monoisotopic (exact) mass is 536 g/mol. The van der Waals surface area contributed by atoms with Crippen molar-refractivity contribution < 1.29 is 9.59 Å². The van der Waals surface area contributed by atoms with E-state index in [9.17, 15) is 9.59 Å². The molecule has 0 aliphatic heterocycles. The Hall–Kier alpha value is -1.06. The molecule has 0 aromatic heterocycles. The standard InChI is InChI=1S/C34H67N2O2/c1-4-7-9-11-13-15-17-19-21-23-25-29-33(37)35-31-27-28-32(6-3)36-34(38)30-26-24-22-20-18-16-14-12-10-8-5-2/h32H,3-31H2,1-2H3,(H,35,37)(H,36,38). The first-order valence-corrected chi connectivity index (χ1v) is 17.0. The Kier molecular flexibility index (Phi) is 29.6. The van der Waals surface area contributed by atoms with E-state index >= 15 is 0 Å². The summed E-state index contributed by atoms with van der Waals surface area (Å²) < 4.78 is 0. The molecule has 0 aliphatic carbocycles. The van der Waals surface area contributed by atoms with E-state index in [-0.39, 0.29) is 17.9 Å². The predicted molar refractivity (Wildman–Crippen MR) is 166 cm³/mol. The third kappa shape index (κ3) is 28.0. The van der Waals surface area contributed by atoms with Gasteiger partial charge in [0.1, 0.15) is 0 Å². The minimum Gasteiger partial charge on any atom is -0.356 e. The van der Waals surface area contributed by atoms with Crippen LogP contribution < -0.4 is 10.6 Å². The highest BCUT2D eigenvalue weighted by Crippen LogP contribution is 2.13. The predicted octanol–water partition coefficient (Wildman–Crippen LogP) is 9.99. The molecule has 225 valence electrons. The second-order valence-corrected chi connectivity index (χ2v) is 11.6. The van der Waals surface area contributed by atoms with Crippen molar-refractivity contribution in [1.82, 2.24) is 10.6 Å². The molecule has 0 heterocycles. The molecular weight excluding hydrogens is 468 g/mol. The molecule has 2 N–H and O–H groups in total. The maximum absolute atomic E-state index is 12.3. The average Bonchev–Trinajstić information content (AvgIpc) is 2.92. The molecule has 0 aliphatic rings. The van der Waals surface area contributed by atoms with Gasteiger partial charge in [0.2, 0.25) is 11.8 Å². The molecule has 1 unspecified atom stereocenters. The SMILES string of the molecule is [CH2]CC(CCCNC(=O)CCCCCCCCCCCCC)NC(=O)CCCCCCCCCCCCC. The molecule has 0 bridgehead atoms. The van der Waals surface area contributed by atoms with E-state index in [4.69, 9.17) is 0 Å². The molecule has 0 saturated heterocycles. The molecule has 0 fully saturated rings. The molecule has 4 nitrogen and oxygen atoms in total. The van der Waals surface area contributed by atoms with E-state index < -0.39 is 0 Å². The molecule has 0 saturated carbocycles. The molecule has 1 atom stereocenters. The van der Waals surface area contributed by atoms with Gasteiger partial charge in [-0.2, -0.15) is 0 Å². The highest BCUT2D eigenvalue weighted by molar-refractivity contribution is 5.76. The van der Waals surface area contributed by atoms with Crippen LogP contribution in [-0.2, 0) is 9.59 Å². The first-order valence-electron chi connectivity index (χ1n) is 17.0. The van der Waals surface area contributed by atoms with Gasteiger partial charge in [-0.3, -0.25) is 9.59 Å². The van der Waals surface area contributed by atoms with Gasteiger partial charge in [-0.05, 0) is 32.1 Å². The Balaban J connectivity index is 3.53. The van der Waals surface area contributed by atoms with Gasteiger partial charge in [0.05, 0.1) is 0 Å². The molecule has 0 spiro atoms. The number of carbonyl (C=O) groups excluding carboxylic acids is 2. The van der Waals surface area contributed by atoms with Gasteiger partial charge in [-0.25, -0.2) is 0 Å². The maximum Gasteiger partial charge on any atom is 0.220 e. The van der Waals surface area contributed by atoms with Crippen LogP contribution in [0.25, 0.3) is 0 Å². The van der Waals surface area contributed by atoms with E-state index in [1.165, 1.54) is 116 Å². The maximum atomic E-state index is 12.3. The van der Waals surface area contributed by atoms with Crippen molar-refractivity contribution >= 4 is 11.8 Å². The van der Waals surface area contributed by atoms with Crippen LogP contribution in [0.3, 0.4) is 0 Å². The second kappa shape index (κ2) is 30.5. The Morgan fingerprint density at radius 2 is 0.895 bits per heavy atom. The zero-order valence-corrected chi connectivity index (χ0v) is 25.9. The summed E-state index contributed by atoms with van der Waals surface area (Å²) in [5.74, 6) is 0.336. The summed E-state index contributed by atoms with van der Waals surface area (Å²) in [6.07, 6.45) is 32.4. The van der Waals surface area contributed by atoms with Crippen molar-refractivity contribution in [3.05, 3.63) is 6.92 Å². The zero-order chi connectivity index (χ0) is 27.9.